The summed E-state index contributed by atoms with van der Waals surface area (Å²) >= 11 is 0. The van der Waals surface area contributed by atoms with Gasteiger partial charge < -0.3 is 16.0 Å². The zero-order valence-corrected chi connectivity index (χ0v) is 10.5. The minimum Gasteiger partial charge on any atom is -0.394 e. The number of nitrogens with two attached hydrogens (primary N) is 1. The highest BCUT2D eigenvalue weighted by atomic mass is 16.2. The molecule has 0 aromatic carbocycles. The number of rotatable bonds is 5. The smallest absolute Gasteiger partial charge is 0.239 e. The fraction of sp³-hybridized carbons (Fsp3) is 0.545. The number of hydrogen-bond donors (Lipinski definition) is 2. The third-order valence-corrected chi connectivity index (χ3v) is 2.18. The number of amides is 1. The quantitative estimate of drug-likeness (QED) is 0.775. The van der Waals surface area contributed by atoms with Crippen molar-refractivity contribution in [3.63, 3.8) is 0 Å². The van der Waals surface area contributed by atoms with Gasteiger partial charge in [0.15, 0.2) is 5.82 Å². The van der Waals surface area contributed by atoms with Gasteiger partial charge in [0, 0.05) is 12.6 Å². The van der Waals surface area contributed by atoms with Crippen LogP contribution in [0.3, 0.4) is 0 Å². The van der Waals surface area contributed by atoms with Gasteiger partial charge in [0.25, 0.3) is 0 Å². The van der Waals surface area contributed by atoms with Crippen LogP contribution < -0.4 is 16.0 Å². The van der Waals surface area contributed by atoms with Crippen LogP contribution in [0.15, 0.2) is 12.5 Å². The summed E-state index contributed by atoms with van der Waals surface area (Å²) in [5.41, 5.74) is 6.25. The number of nitrogens with zero attached hydrogens (tertiary/aromatic N) is 3. The minimum atomic E-state index is -0.0418. The van der Waals surface area contributed by atoms with Crippen molar-refractivity contribution in [3.05, 3.63) is 12.5 Å². The van der Waals surface area contributed by atoms with Crippen molar-refractivity contribution in [2.75, 3.05) is 23.7 Å². The van der Waals surface area contributed by atoms with E-state index in [1.54, 1.807) is 0 Å². The van der Waals surface area contributed by atoms with E-state index in [-0.39, 0.29) is 18.5 Å². The van der Waals surface area contributed by atoms with E-state index in [2.05, 4.69) is 15.3 Å². The van der Waals surface area contributed by atoms with Gasteiger partial charge in [0.05, 0.1) is 18.4 Å². The first-order valence-corrected chi connectivity index (χ1v) is 5.64. The molecule has 6 nitrogen and oxygen atoms in total. The number of anilines is 2. The maximum Gasteiger partial charge on any atom is 0.239 e. The summed E-state index contributed by atoms with van der Waals surface area (Å²) in [4.78, 5) is 21.4. The Hall–Kier alpha value is -1.85. The first-order valence-electron chi connectivity index (χ1n) is 5.64. The average molecular weight is 237 g/mol. The topological polar surface area (TPSA) is 84.1 Å². The second-order valence-corrected chi connectivity index (χ2v) is 4.04. The molecule has 94 valence electrons. The van der Waals surface area contributed by atoms with Crippen LogP contribution in [-0.2, 0) is 4.79 Å². The first kappa shape index (κ1) is 13.2. The minimum absolute atomic E-state index is 0.0418. The number of carbonyl (C=O) groups excluding carboxylic acids is 1. The van der Waals surface area contributed by atoms with Crippen LogP contribution in [0.2, 0.25) is 0 Å². The molecule has 0 radical (unpaired) electrons. The van der Waals surface area contributed by atoms with Gasteiger partial charge in [0.1, 0.15) is 6.33 Å². The number of nitrogen functional groups attached to an aromatic ring is 1. The summed E-state index contributed by atoms with van der Waals surface area (Å²) in [6.07, 6.45) is 2.96. The van der Waals surface area contributed by atoms with Crippen molar-refractivity contribution in [3.8, 4) is 0 Å². The second kappa shape index (κ2) is 6.03. The summed E-state index contributed by atoms with van der Waals surface area (Å²) in [6, 6.07) is 0.129. The van der Waals surface area contributed by atoms with Crippen LogP contribution >= 0.6 is 0 Å². The lowest BCUT2D eigenvalue weighted by Gasteiger charge is -2.22. The van der Waals surface area contributed by atoms with E-state index in [0.717, 1.165) is 0 Å². The van der Waals surface area contributed by atoms with Gasteiger partial charge in [-0.2, -0.15) is 0 Å². The number of hydrogen-bond acceptors (Lipinski definition) is 5. The molecule has 1 rings (SSSR count). The predicted molar refractivity (Wildman–Crippen MR) is 67.6 cm³/mol. The zero-order valence-electron chi connectivity index (χ0n) is 10.5. The molecule has 0 atom stereocenters. The van der Waals surface area contributed by atoms with Gasteiger partial charge in [-0.25, -0.2) is 9.97 Å². The lowest BCUT2D eigenvalue weighted by atomic mass is 10.3. The Bertz CT molecular complexity index is 380. The Morgan fingerprint density at radius 2 is 2.29 bits per heavy atom. The van der Waals surface area contributed by atoms with Gasteiger partial charge in [-0.1, -0.05) is 0 Å². The molecule has 1 amide bonds. The third-order valence-electron chi connectivity index (χ3n) is 2.18. The van der Waals surface area contributed by atoms with Crippen molar-refractivity contribution in [1.82, 2.24) is 15.3 Å². The molecule has 1 aromatic rings. The molecule has 1 aromatic heterocycles. The van der Waals surface area contributed by atoms with Crippen LogP contribution in [-0.4, -0.2) is 35.0 Å². The highest BCUT2D eigenvalue weighted by Gasteiger charge is 2.13. The van der Waals surface area contributed by atoms with E-state index >= 15 is 0 Å². The number of carbonyl (C=O) groups is 1. The van der Waals surface area contributed by atoms with E-state index < -0.39 is 0 Å². The fourth-order valence-electron chi connectivity index (χ4n) is 1.48. The molecule has 0 fully saturated rings. The first-order chi connectivity index (χ1) is 8.04. The highest BCUT2D eigenvalue weighted by molar-refractivity contribution is 5.82. The molecule has 0 saturated heterocycles. The fourth-order valence-corrected chi connectivity index (χ4v) is 1.48. The second-order valence-electron chi connectivity index (χ2n) is 4.04. The number of likely N-dealkylation sites (N-methyl/N-ethyl adjacent to an activating group) is 1. The van der Waals surface area contributed by atoms with Crippen molar-refractivity contribution < 1.29 is 4.79 Å². The van der Waals surface area contributed by atoms with Crippen molar-refractivity contribution in [2.45, 2.75) is 26.8 Å². The van der Waals surface area contributed by atoms with Gasteiger partial charge >= 0.3 is 0 Å². The molecule has 0 aliphatic carbocycles. The molecule has 1 heterocycles. The van der Waals surface area contributed by atoms with E-state index in [9.17, 15) is 4.79 Å². The largest absolute Gasteiger partial charge is 0.394 e. The molecular formula is C11H19N5O. The lowest BCUT2D eigenvalue weighted by Crippen LogP contribution is -2.40. The Morgan fingerprint density at radius 1 is 1.59 bits per heavy atom. The third kappa shape index (κ3) is 3.90. The van der Waals surface area contributed by atoms with Crippen LogP contribution in [0.5, 0.6) is 0 Å². The van der Waals surface area contributed by atoms with Gasteiger partial charge in [-0.3, -0.25) is 4.79 Å². The molecule has 17 heavy (non-hydrogen) atoms. The summed E-state index contributed by atoms with van der Waals surface area (Å²) in [5.74, 6) is 0.557. The van der Waals surface area contributed by atoms with E-state index in [1.807, 2.05) is 25.7 Å². The standard InChI is InChI=1S/C11H19N5O/c1-4-16(6-10(17)15-8(2)3)11-9(12)5-13-7-14-11/h5,7-8H,4,6,12H2,1-3H3,(H,15,17). The van der Waals surface area contributed by atoms with Crippen LogP contribution in [0.25, 0.3) is 0 Å². The summed E-state index contributed by atoms with van der Waals surface area (Å²) in [7, 11) is 0. The van der Waals surface area contributed by atoms with E-state index in [0.29, 0.717) is 18.1 Å². The van der Waals surface area contributed by atoms with Gasteiger partial charge in [0.2, 0.25) is 5.91 Å². The Balaban J connectivity index is 2.73. The molecule has 0 aliphatic heterocycles. The Morgan fingerprint density at radius 3 is 2.82 bits per heavy atom. The van der Waals surface area contributed by atoms with Crippen molar-refractivity contribution in [1.29, 1.82) is 0 Å². The predicted octanol–water partition coefficient (Wildman–Crippen LogP) is 0.410. The average Bonchev–Trinajstić information content (AvgIpc) is 2.26. The SMILES string of the molecule is CCN(CC(=O)NC(C)C)c1ncncc1N. The van der Waals surface area contributed by atoms with E-state index in [4.69, 9.17) is 5.73 Å². The molecule has 3 N–H and O–H groups in total. The van der Waals surface area contributed by atoms with Gasteiger partial charge in [-0.05, 0) is 20.8 Å². The monoisotopic (exact) mass is 237 g/mol. The highest BCUT2D eigenvalue weighted by Crippen LogP contribution is 2.17. The normalized spacial score (nSPS) is 10.4. The molecule has 0 spiro atoms. The van der Waals surface area contributed by atoms with Crippen molar-refractivity contribution in [2.24, 2.45) is 0 Å². The van der Waals surface area contributed by atoms with Crippen LogP contribution in [0, 0.1) is 0 Å². The zero-order chi connectivity index (χ0) is 12.8. The van der Waals surface area contributed by atoms with Crippen LogP contribution in [0.1, 0.15) is 20.8 Å². The number of aromatic nitrogens is 2. The Labute approximate surface area is 101 Å². The molecule has 6 heteroatoms. The Kier molecular flexibility index (Phi) is 4.68. The summed E-state index contributed by atoms with van der Waals surface area (Å²) in [5, 5.41) is 2.83. The van der Waals surface area contributed by atoms with Crippen LogP contribution in [0.4, 0.5) is 11.5 Å². The van der Waals surface area contributed by atoms with E-state index in [1.165, 1.54) is 12.5 Å². The van der Waals surface area contributed by atoms with Gasteiger partial charge in [-0.15, -0.1) is 0 Å². The maximum atomic E-state index is 11.7. The molecule has 0 bridgehead atoms. The maximum absolute atomic E-state index is 11.7. The molecular weight excluding hydrogens is 218 g/mol. The number of nitrogens with one attached hydrogen (secondary N) is 1. The van der Waals surface area contributed by atoms with Crippen molar-refractivity contribution >= 4 is 17.4 Å². The molecule has 0 aliphatic rings. The lowest BCUT2D eigenvalue weighted by molar-refractivity contribution is -0.120. The summed E-state index contributed by atoms with van der Waals surface area (Å²) < 4.78 is 0. The summed E-state index contributed by atoms with van der Waals surface area (Å²) in [6.45, 7) is 6.70. The molecule has 0 saturated carbocycles. The molecule has 0 unspecified atom stereocenters.